The largest absolute Gasteiger partial charge is 0.390 e. The fourth-order valence-corrected chi connectivity index (χ4v) is 3.92. The van der Waals surface area contributed by atoms with Crippen molar-refractivity contribution >= 4 is 35.0 Å². The summed E-state index contributed by atoms with van der Waals surface area (Å²) in [6.07, 6.45) is 2.06. The van der Waals surface area contributed by atoms with Crippen molar-refractivity contribution in [2.45, 2.75) is 6.54 Å². The van der Waals surface area contributed by atoms with Crippen LogP contribution < -0.4 is 15.8 Å². The van der Waals surface area contributed by atoms with Crippen LogP contribution in [0.1, 0.15) is 5.56 Å². The van der Waals surface area contributed by atoms with Crippen molar-refractivity contribution in [3.8, 4) is 0 Å². The van der Waals surface area contributed by atoms with E-state index in [2.05, 4.69) is 46.7 Å². The number of halogens is 2. The van der Waals surface area contributed by atoms with Gasteiger partial charge in [0.15, 0.2) is 0 Å². The van der Waals surface area contributed by atoms with Crippen molar-refractivity contribution in [1.82, 2.24) is 10.2 Å². The zero-order valence-corrected chi connectivity index (χ0v) is 14.2. The third-order valence-corrected chi connectivity index (χ3v) is 5.40. The normalized spacial score (nSPS) is 20.3. The first-order valence-corrected chi connectivity index (χ1v) is 8.64. The minimum atomic E-state index is 0.522. The Morgan fingerprint density at radius 3 is 2.70 bits per heavy atom. The number of rotatable bonds is 2. The molecule has 2 heterocycles. The van der Waals surface area contributed by atoms with E-state index in [1.54, 1.807) is 0 Å². The molecule has 2 nitrogen and oxygen atoms in total. The molecule has 4 rings (SSSR count). The Kier molecular flexibility index (Phi) is 4.06. The van der Waals surface area contributed by atoms with Gasteiger partial charge in [-0.25, -0.2) is 0 Å². The lowest BCUT2D eigenvalue weighted by Gasteiger charge is -2.15. The van der Waals surface area contributed by atoms with Crippen molar-refractivity contribution in [2.75, 3.05) is 19.6 Å². The third-order valence-electron chi connectivity index (χ3n) is 4.67. The molecule has 1 unspecified atom stereocenters. The lowest BCUT2D eigenvalue weighted by molar-refractivity contribution is 0.317. The maximum absolute atomic E-state index is 6.26. The molecule has 2 aromatic carbocycles. The summed E-state index contributed by atoms with van der Waals surface area (Å²) in [7, 11) is 0. The second-order valence-electron chi connectivity index (χ2n) is 6.28. The van der Waals surface area contributed by atoms with Gasteiger partial charge in [-0.2, -0.15) is 0 Å². The van der Waals surface area contributed by atoms with E-state index in [4.69, 9.17) is 23.2 Å². The molecule has 0 aliphatic carbocycles. The van der Waals surface area contributed by atoms with Gasteiger partial charge in [-0.1, -0.05) is 53.5 Å². The average Bonchev–Trinajstić information content (AvgIpc) is 2.87. The van der Waals surface area contributed by atoms with Crippen LogP contribution in [-0.2, 0) is 6.54 Å². The van der Waals surface area contributed by atoms with Crippen molar-refractivity contribution in [3.05, 3.63) is 68.5 Å². The molecule has 0 spiro atoms. The van der Waals surface area contributed by atoms with Crippen molar-refractivity contribution < 1.29 is 0 Å². The molecule has 1 fully saturated rings. The number of benzene rings is 2. The number of hydrogen-bond donors (Lipinski definition) is 1. The Balaban J connectivity index is 1.72. The van der Waals surface area contributed by atoms with Gasteiger partial charge in [0.1, 0.15) is 0 Å². The Morgan fingerprint density at radius 1 is 1.09 bits per heavy atom. The van der Waals surface area contributed by atoms with Crippen molar-refractivity contribution in [1.29, 1.82) is 0 Å². The SMILES string of the molecule is Clc1cc2c(cc1Cl)=C1CN(Cc3ccccc3)CC1CNC=2. The number of fused-ring (bicyclic) bond motifs is 2. The van der Waals surface area contributed by atoms with Crippen LogP contribution in [0.4, 0.5) is 0 Å². The molecular formula is C19H18Cl2N2. The monoisotopic (exact) mass is 344 g/mol. The summed E-state index contributed by atoms with van der Waals surface area (Å²) < 4.78 is 0. The average molecular weight is 345 g/mol. The van der Waals surface area contributed by atoms with Gasteiger partial charge in [-0.05, 0) is 33.7 Å². The van der Waals surface area contributed by atoms with E-state index in [0.29, 0.717) is 16.0 Å². The van der Waals surface area contributed by atoms with Crippen molar-refractivity contribution in [3.63, 3.8) is 0 Å². The number of hydrogen-bond acceptors (Lipinski definition) is 2. The highest BCUT2D eigenvalue weighted by atomic mass is 35.5. The van der Waals surface area contributed by atoms with E-state index in [-0.39, 0.29) is 0 Å². The number of likely N-dealkylation sites (tertiary alicyclic amines) is 1. The third kappa shape index (κ3) is 2.99. The first kappa shape index (κ1) is 15.1. The summed E-state index contributed by atoms with van der Waals surface area (Å²) in [4.78, 5) is 2.51. The van der Waals surface area contributed by atoms with E-state index < -0.39 is 0 Å². The number of nitrogens with one attached hydrogen (secondary N) is 1. The first-order valence-electron chi connectivity index (χ1n) is 7.89. The highest BCUT2D eigenvalue weighted by Gasteiger charge is 2.28. The predicted molar refractivity (Wildman–Crippen MR) is 96.8 cm³/mol. The zero-order chi connectivity index (χ0) is 15.8. The molecule has 1 N–H and O–H groups in total. The van der Waals surface area contributed by atoms with Crippen LogP contribution in [0, 0.1) is 5.92 Å². The van der Waals surface area contributed by atoms with Crippen LogP contribution >= 0.6 is 23.2 Å². The topological polar surface area (TPSA) is 15.3 Å². The van der Waals surface area contributed by atoms with Crippen LogP contribution in [0.25, 0.3) is 11.8 Å². The summed E-state index contributed by atoms with van der Waals surface area (Å²) in [6.45, 7) is 4.01. The Hall–Kier alpha value is -1.48. The van der Waals surface area contributed by atoms with Crippen LogP contribution in [0.5, 0.6) is 0 Å². The molecule has 1 saturated heterocycles. The van der Waals surface area contributed by atoms with Gasteiger partial charge in [-0.15, -0.1) is 0 Å². The Labute approximate surface area is 146 Å². The van der Waals surface area contributed by atoms with Crippen LogP contribution in [0.15, 0.2) is 42.5 Å². The Bertz CT molecular complexity index is 846. The molecule has 118 valence electrons. The smallest absolute Gasteiger partial charge is 0.0599 e. The predicted octanol–water partition coefficient (Wildman–Crippen LogP) is 2.62. The molecule has 1 atom stereocenters. The summed E-state index contributed by atoms with van der Waals surface area (Å²) in [5, 5.41) is 7.06. The minimum absolute atomic E-state index is 0.522. The molecule has 0 aromatic heterocycles. The molecule has 2 aromatic rings. The fourth-order valence-electron chi connectivity index (χ4n) is 3.58. The van der Waals surface area contributed by atoms with E-state index in [9.17, 15) is 0 Å². The van der Waals surface area contributed by atoms with Gasteiger partial charge < -0.3 is 5.32 Å². The highest BCUT2D eigenvalue weighted by molar-refractivity contribution is 6.41. The molecular weight excluding hydrogens is 327 g/mol. The Morgan fingerprint density at radius 2 is 1.87 bits per heavy atom. The van der Waals surface area contributed by atoms with E-state index in [1.807, 2.05) is 12.1 Å². The second kappa shape index (κ2) is 6.20. The standard InChI is InChI=1S/C19H18Cl2N2/c20-18-6-14-8-22-9-15-11-23(10-13-4-2-1-3-5-13)12-17(15)16(14)7-19(18)21/h1-8,15,22H,9-12H2. The zero-order valence-electron chi connectivity index (χ0n) is 12.7. The maximum atomic E-state index is 6.26. The maximum Gasteiger partial charge on any atom is 0.0599 e. The quantitative estimate of drug-likeness (QED) is 0.900. The first-order chi connectivity index (χ1) is 11.2. The molecule has 2 aliphatic rings. The summed E-state index contributed by atoms with van der Waals surface area (Å²) >= 11 is 12.4. The minimum Gasteiger partial charge on any atom is -0.390 e. The lowest BCUT2D eigenvalue weighted by Crippen LogP contribution is -2.29. The molecule has 0 amide bonds. The van der Waals surface area contributed by atoms with Gasteiger partial charge >= 0.3 is 0 Å². The fraction of sp³-hybridized carbons (Fsp3) is 0.263. The van der Waals surface area contributed by atoms with Gasteiger partial charge in [0.05, 0.1) is 10.0 Å². The van der Waals surface area contributed by atoms with Crippen molar-refractivity contribution in [2.24, 2.45) is 5.92 Å². The molecule has 4 heteroatoms. The van der Waals surface area contributed by atoms with Gasteiger partial charge in [0, 0.05) is 38.3 Å². The van der Waals surface area contributed by atoms with E-state index >= 15 is 0 Å². The summed E-state index contributed by atoms with van der Waals surface area (Å²) in [6, 6.07) is 14.6. The van der Waals surface area contributed by atoms with Gasteiger partial charge in [-0.3, -0.25) is 4.90 Å². The summed E-state index contributed by atoms with van der Waals surface area (Å²) in [5.41, 5.74) is 2.83. The summed E-state index contributed by atoms with van der Waals surface area (Å²) in [5.74, 6) is 0.522. The van der Waals surface area contributed by atoms with Crippen LogP contribution in [0.3, 0.4) is 0 Å². The van der Waals surface area contributed by atoms with Gasteiger partial charge in [0.2, 0.25) is 0 Å². The molecule has 0 bridgehead atoms. The molecule has 2 aliphatic heterocycles. The van der Waals surface area contributed by atoms with Crippen LogP contribution in [0.2, 0.25) is 10.0 Å². The lowest BCUT2D eigenvalue weighted by atomic mass is 10.0. The van der Waals surface area contributed by atoms with Gasteiger partial charge in [0.25, 0.3) is 0 Å². The molecule has 0 radical (unpaired) electrons. The second-order valence-corrected chi connectivity index (χ2v) is 7.10. The van der Waals surface area contributed by atoms with Crippen LogP contribution in [-0.4, -0.2) is 24.5 Å². The number of nitrogens with zero attached hydrogens (tertiary/aromatic N) is 1. The van der Waals surface area contributed by atoms with E-state index in [0.717, 1.165) is 31.4 Å². The van der Waals surface area contributed by atoms with E-state index in [1.165, 1.54) is 16.4 Å². The molecule has 0 saturated carbocycles. The highest BCUT2D eigenvalue weighted by Crippen LogP contribution is 2.25. The molecule has 23 heavy (non-hydrogen) atoms.